The number of fused-ring (bicyclic) bond motifs is 10. The van der Waals surface area contributed by atoms with Gasteiger partial charge in [-0.15, -0.1) is 0 Å². The smallest absolute Gasteiger partial charge is 0.142 e. The van der Waals surface area contributed by atoms with Crippen LogP contribution >= 0.6 is 0 Å². The summed E-state index contributed by atoms with van der Waals surface area (Å²) in [6.45, 7) is 4.60. The quantitative estimate of drug-likeness (QED) is 0.718. The highest BCUT2D eigenvalue weighted by atomic mass is 16.3. The minimum Gasteiger partial charge on any atom is -0.393 e. The lowest BCUT2D eigenvalue weighted by Crippen LogP contribution is -2.64. The molecule has 6 rings (SSSR count). The third-order valence-corrected chi connectivity index (χ3v) is 10.1. The molecule has 11 atom stereocenters. The first kappa shape index (κ1) is 14.7. The highest BCUT2D eigenvalue weighted by Gasteiger charge is 2.78. The Bertz CT molecular complexity index is 645. The number of carbonyl (C=O) groups excluding carboxylic acids is 1. The van der Waals surface area contributed by atoms with E-state index in [2.05, 4.69) is 13.8 Å². The van der Waals surface area contributed by atoms with Gasteiger partial charge in [0, 0.05) is 17.8 Å². The SMILES string of the molecule is C[C@@]12CC[C@@H]3[C@H](C4CC4[C@@]4(O)C[C@H](O)CC[C@@]34C)[C@H]1[C@H]1C[C@H]1C2=O. The molecule has 3 heteroatoms. The largest absolute Gasteiger partial charge is 0.393 e. The fourth-order valence-corrected chi connectivity index (χ4v) is 8.83. The third kappa shape index (κ3) is 1.37. The first-order valence-corrected chi connectivity index (χ1v) is 10.3. The zero-order valence-electron chi connectivity index (χ0n) is 14.9. The summed E-state index contributed by atoms with van der Waals surface area (Å²) in [5.74, 6) is 4.46. The summed E-state index contributed by atoms with van der Waals surface area (Å²) < 4.78 is 0. The molecule has 132 valence electrons. The third-order valence-electron chi connectivity index (χ3n) is 10.1. The molecule has 0 aromatic carbocycles. The van der Waals surface area contributed by atoms with Gasteiger partial charge in [-0.25, -0.2) is 0 Å². The van der Waals surface area contributed by atoms with E-state index in [1.165, 1.54) is 0 Å². The Morgan fingerprint density at radius 2 is 1.83 bits per heavy atom. The Morgan fingerprint density at radius 1 is 1.04 bits per heavy atom. The van der Waals surface area contributed by atoms with E-state index in [1.807, 2.05) is 0 Å². The molecule has 0 radical (unpaired) electrons. The van der Waals surface area contributed by atoms with Gasteiger partial charge in [0.05, 0.1) is 11.7 Å². The second-order valence-corrected chi connectivity index (χ2v) is 10.8. The molecule has 6 fully saturated rings. The molecule has 0 aromatic rings. The van der Waals surface area contributed by atoms with Gasteiger partial charge >= 0.3 is 0 Å². The standard InChI is InChI=1S/C21H30O3/c1-19-5-4-14-16(17(19)11-7-12(11)18(19)23)13-8-15(13)21(24)9-10(22)3-6-20(14,21)2/h10-17,22,24H,3-9H2,1-2H3/t10-,11+,12-,13?,14-,15?,16+,17-,19-,20+,21+/m1/s1. The lowest BCUT2D eigenvalue weighted by Gasteiger charge is -2.63. The highest BCUT2D eigenvalue weighted by molar-refractivity contribution is 5.92. The molecular weight excluding hydrogens is 300 g/mol. The van der Waals surface area contributed by atoms with Gasteiger partial charge in [0.2, 0.25) is 0 Å². The number of carbonyl (C=O) groups is 1. The molecule has 24 heavy (non-hydrogen) atoms. The highest BCUT2D eigenvalue weighted by Crippen LogP contribution is 2.78. The minimum atomic E-state index is -0.657. The Kier molecular flexibility index (Phi) is 2.43. The van der Waals surface area contributed by atoms with Crippen LogP contribution < -0.4 is 0 Å². The second-order valence-electron chi connectivity index (χ2n) is 10.8. The van der Waals surface area contributed by atoms with E-state index in [1.54, 1.807) is 0 Å². The normalized spacial score (nSPS) is 69.1. The zero-order valence-corrected chi connectivity index (χ0v) is 14.9. The Morgan fingerprint density at radius 3 is 2.62 bits per heavy atom. The van der Waals surface area contributed by atoms with E-state index in [-0.39, 0.29) is 16.9 Å². The summed E-state index contributed by atoms with van der Waals surface area (Å²) in [5, 5.41) is 21.9. The van der Waals surface area contributed by atoms with Gasteiger partial charge in [0.1, 0.15) is 5.78 Å². The average molecular weight is 330 g/mol. The van der Waals surface area contributed by atoms with Crippen molar-refractivity contribution in [3.05, 3.63) is 0 Å². The van der Waals surface area contributed by atoms with Crippen molar-refractivity contribution in [3.8, 4) is 0 Å². The number of aliphatic hydroxyl groups is 2. The molecule has 0 saturated heterocycles. The van der Waals surface area contributed by atoms with E-state index in [9.17, 15) is 15.0 Å². The minimum absolute atomic E-state index is 0.0497. The van der Waals surface area contributed by atoms with Crippen LogP contribution in [0.4, 0.5) is 0 Å². The summed E-state index contributed by atoms with van der Waals surface area (Å²) in [6, 6.07) is 0. The van der Waals surface area contributed by atoms with Crippen molar-refractivity contribution in [3.63, 3.8) is 0 Å². The Balaban J connectivity index is 1.45. The molecular formula is C21H30O3. The van der Waals surface area contributed by atoms with Crippen LogP contribution in [0.3, 0.4) is 0 Å². The number of rotatable bonds is 0. The van der Waals surface area contributed by atoms with Crippen LogP contribution in [0.2, 0.25) is 0 Å². The number of ketones is 1. The molecule has 0 spiro atoms. The molecule has 3 nitrogen and oxygen atoms in total. The Labute approximate surface area is 144 Å². The van der Waals surface area contributed by atoms with Gasteiger partial charge in [-0.05, 0) is 79.4 Å². The van der Waals surface area contributed by atoms with Crippen LogP contribution in [0, 0.1) is 52.3 Å². The van der Waals surface area contributed by atoms with E-state index in [0.717, 1.165) is 38.5 Å². The van der Waals surface area contributed by atoms with Gasteiger partial charge in [-0.2, -0.15) is 0 Å². The van der Waals surface area contributed by atoms with Gasteiger partial charge < -0.3 is 10.2 Å². The van der Waals surface area contributed by atoms with Crippen LogP contribution in [-0.2, 0) is 4.79 Å². The van der Waals surface area contributed by atoms with Crippen molar-refractivity contribution in [1.29, 1.82) is 0 Å². The molecule has 0 aliphatic heterocycles. The van der Waals surface area contributed by atoms with E-state index < -0.39 is 5.60 Å². The molecule has 2 unspecified atom stereocenters. The monoisotopic (exact) mass is 330 g/mol. The second kappa shape index (κ2) is 3.96. The number of aliphatic hydroxyl groups excluding tert-OH is 1. The van der Waals surface area contributed by atoms with Gasteiger partial charge in [-0.1, -0.05) is 13.8 Å². The zero-order chi connectivity index (χ0) is 16.6. The first-order chi connectivity index (χ1) is 11.3. The number of hydrogen-bond acceptors (Lipinski definition) is 3. The summed E-state index contributed by atoms with van der Waals surface area (Å²) in [4.78, 5) is 12.9. The molecule has 0 heterocycles. The van der Waals surface area contributed by atoms with Crippen molar-refractivity contribution < 1.29 is 15.0 Å². The number of hydrogen-bond donors (Lipinski definition) is 2. The average Bonchev–Trinajstić information content (AvgIpc) is 3.41. The molecule has 0 bridgehead atoms. The van der Waals surface area contributed by atoms with Crippen LogP contribution in [0.15, 0.2) is 0 Å². The van der Waals surface area contributed by atoms with Crippen LogP contribution in [0.5, 0.6) is 0 Å². The first-order valence-electron chi connectivity index (χ1n) is 10.3. The molecule has 6 aliphatic carbocycles. The molecule has 0 aromatic heterocycles. The Hall–Kier alpha value is -0.410. The summed E-state index contributed by atoms with van der Waals surface area (Å²) in [7, 11) is 0. The van der Waals surface area contributed by atoms with Crippen molar-refractivity contribution >= 4 is 5.78 Å². The number of Topliss-reactive ketones (excluding diaryl/α,β-unsaturated/α-hetero) is 1. The van der Waals surface area contributed by atoms with Gasteiger partial charge in [0.25, 0.3) is 0 Å². The van der Waals surface area contributed by atoms with Gasteiger partial charge in [0.15, 0.2) is 0 Å². The molecule has 2 N–H and O–H groups in total. The van der Waals surface area contributed by atoms with Crippen molar-refractivity contribution in [2.45, 2.75) is 70.5 Å². The molecule has 6 aliphatic rings. The molecule has 6 saturated carbocycles. The maximum absolute atomic E-state index is 12.9. The fraction of sp³-hybridized carbons (Fsp3) is 0.952. The maximum atomic E-state index is 12.9. The van der Waals surface area contributed by atoms with Crippen molar-refractivity contribution in [1.82, 2.24) is 0 Å². The van der Waals surface area contributed by atoms with Crippen LogP contribution in [-0.4, -0.2) is 27.7 Å². The van der Waals surface area contributed by atoms with E-state index in [4.69, 9.17) is 0 Å². The lowest BCUT2D eigenvalue weighted by atomic mass is 9.43. The van der Waals surface area contributed by atoms with Crippen molar-refractivity contribution in [2.75, 3.05) is 0 Å². The van der Waals surface area contributed by atoms with Gasteiger partial charge in [-0.3, -0.25) is 4.79 Å². The predicted octanol–water partition coefficient (Wildman–Crippen LogP) is 2.79. The summed E-state index contributed by atoms with van der Waals surface area (Å²) >= 11 is 0. The van der Waals surface area contributed by atoms with Crippen LogP contribution in [0.25, 0.3) is 0 Å². The summed E-state index contributed by atoms with van der Waals surface area (Å²) in [6.07, 6.45) is 6.50. The fourth-order valence-electron chi connectivity index (χ4n) is 8.83. The predicted molar refractivity (Wildman–Crippen MR) is 88.9 cm³/mol. The lowest BCUT2D eigenvalue weighted by molar-refractivity contribution is -0.225. The molecule has 0 amide bonds. The van der Waals surface area contributed by atoms with E-state index in [0.29, 0.717) is 53.6 Å². The van der Waals surface area contributed by atoms with Crippen LogP contribution in [0.1, 0.15) is 58.8 Å². The van der Waals surface area contributed by atoms with Crippen molar-refractivity contribution in [2.24, 2.45) is 52.3 Å². The van der Waals surface area contributed by atoms with E-state index >= 15 is 0 Å². The topological polar surface area (TPSA) is 57.5 Å². The summed E-state index contributed by atoms with van der Waals surface area (Å²) in [5.41, 5.74) is -0.760. The maximum Gasteiger partial charge on any atom is 0.142 e.